The number of carbonyl (C=O) groups is 2. The Bertz CT molecular complexity index is 772. The zero-order valence-corrected chi connectivity index (χ0v) is 15.5. The fourth-order valence-electron chi connectivity index (χ4n) is 2.30. The Hall–Kier alpha value is -3.02. The molecule has 0 aliphatic carbocycles. The summed E-state index contributed by atoms with van der Waals surface area (Å²) >= 11 is 0. The molecule has 0 aliphatic rings. The second kappa shape index (κ2) is 8.89. The number of methoxy groups -OCH3 is 2. The van der Waals surface area contributed by atoms with E-state index in [1.165, 1.54) is 7.11 Å². The molecule has 0 heterocycles. The van der Waals surface area contributed by atoms with Crippen molar-refractivity contribution in [2.45, 2.75) is 26.3 Å². The van der Waals surface area contributed by atoms with E-state index in [4.69, 9.17) is 9.47 Å². The quantitative estimate of drug-likeness (QED) is 0.796. The van der Waals surface area contributed by atoms with Crippen LogP contribution in [0, 0.1) is 0 Å². The van der Waals surface area contributed by atoms with Crippen LogP contribution in [0.1, 0.15) is 41.0 Å². The number of hydrogen-bond donors (Lipinski definition) is 2. The summed E-state index contributed by atoms with van der Waals surface area (Å²) in [6.45, 7) is 3.95. The maximum atomic E-state index is 12.4. The van der Waals surface area contributed by atoms with Gasteiger partial charge in [0.2, 0.25) is 0 Å². The molecule has 6 nitrogen and oxygen atoms in total. The summed E-state index contributed by atoms with van der Waals surface area (Å²) in [6, 6.07) is 11.8. The Morgan fingerprint density at radius 3 is 2.04 bits per heavy atom. The van der Waals surface area contributed by atoms with Crippen LogP contribution in [0.25, 0.3) is 0 Å². The first kappa shape index (κ1) is 19.3. The zero-order chi connectivity index (χ0) is 19.1. The van der Waals surface area contributed by atoms with Crippen molar-refractivity contribution in [3.05, 3.63) is 53.6 Å². The molecular weight excluding hydrogens is 332 g/mol. The molecule has 0 aromatic heterocycles. The van der Waals surface area contributed by atoms with Gasteiger partial charge in [-0.25, -0.2) is 0 Å². The smallest absolute Gasteiger partial charge is 0.255 e. The van der Waals surface area contributed by atoms with E-state index < -0.39 is 0 Å². The molecule has 0 saturated heterocycles. The van der Waals surface area contributed by atoms with E-state index >= 15 is 0 Å². The fourth-order valence-corrected chi connectivity index (χ4v) is 2.30. The number of carbonyl (C=O) groups excluding carboxylic acids is 2. The molecule has 2 aromatic carbocycles. The molecule has 1 atom stereocenters. The van der Waals surface area contributed by atoms with Crippen LogP contribution in [0.15, 0.2) is 42.5 Å². The van der Waals surface area contributed by atoms with Crippen molar-refractivity contribution in [2.24, 2.45) is 0 Å². The maximum Gasteiger partial charge on any atom is 0.255 e. The van der Waals surface area contributed by atoms with E-state index in [0.717, 1.165) is 6.42 Å². The summed E-state index contributed by atoms with van der Waals surface area (Å²) in [6.07, 6.45) is 0.859. The number of benzene rings is 2. The van der Waals surface area contributed by atoms with Gasteiger partial charge in [0.15, 0.2) is 11.5 Å². The Kier molecular flexibility index (Phi) is 6.60. The van der Waals surface area contributed by atoms with Gasteiger partial charge in [-0.05, 0) is 49.7 Å². The third-order valence-corrected chi connectivity index (χ3v) is 4.04. The van der Waals surface area contributed by atoms with Crippen molar-refractivity contribution in [1.29, 1.82) is 0 Å². The van der Waals surface area contributed by atoms with Gasteiger partial charge in [-0.2, -0.15) is 0 Å². The van der Waals surface area contributed by atoms with Crippen molar-refractivity contribution in [3.63, 3.8) is 0 Å². The first-order valence-electron chi connectivity index (χ1n) is 8.42. The first-order valence-corrected chi connectivity index (χ1v) is 8.42. The molecule has 138 valence electrons. The number of nitrogens with one attached hydrogen (secondary N) is 2. The van der Waals surface area contributed by atoms with Crippen LogP contribution >= 0.6 is 0 Å². The van der Waals surface area contributed by atoms with Crippen molar-refractivity contribution in [1.82, 2.24) is 5.32 Å². The Morgan fingerprint density at radius 2 is 1.50 bits per heavy atom. The molecule has 1 unspecified atom stereocenters. The lowest BCUT2D eigenvalue weighted by atomic mass is 10.1. The largest absolute Gasteiger partial charge is 0.493 e. The highest BCUT2D eigenvalue weighted by Crippen LogP contribution is 2.29. The molecule has 0 spiro atoms. The normalized spacial score (nSPS) is 11.4. The maximum absolute atomic E-state index is 12.4. The van der Waals surface area contributed by atoms with E-state index in [2.05, 4.69) is 10.6 Å². The third-order valence-electron chi connectivity index (χ3n) is 4.04. The zero-order valence-electron chi connectivity index (χ0n) is 15.5. The predicted molar refractivity (Wildman–Crippen MR) is 101 cm³/mol. The third kappa shape index (κ3) is 4.75. The van der Waals surface area contributed by atoms with Crippen LogP contribution in [-0.4, -0.2) is 32.1 Å². The summed E-state index contributed by atoms with van der Waals surface area (Å²) in [5, 5.41) is 5.69. The number of rotatable bonds is 7. The Labute approximate surface area is 153 Å². The monoisotopic (exact) mass is 356 g/mol. The average molecular weight is 356 g/mol. The van der Waals surface area contributed by atoms with E-state index in [-0.39, 0.29) is 17.9 Å². The molecular formula is C20H24N2O4. The van der Waals surface area contributed by atoms with Gasteiger partial charge in [-0.15, -0.1) is 0 Å². The van der Waals surface area contributed by atoms with E-state index in [0.29, 0.717) is 28.3 Å². The van der Waals surface area contributed by atoms with Crippen molar-refractivity contribution >= 4 is 17.5 Å². The second-order valence-electron chi connectivity index (χ2n) is 5.88. The van der Waals surface area contributed by atoms with Gasteiger partial charge in [0.05, 0.1) is 14.2 Å². The number of hydrogen-bond acceptors (Lipinski definition) is 4. The van der Waals surface area contributed by atoms with Crippen LogP contribution in [0.3, 0.4) is 0 Å². The lowest BCUT2D eigenvalue weighted by Gasteiger charge is -2.12. The topological polar surface area (TPSA) is 76.7 Å². The SMILES string of the molecule is CCC(C)NC(=O)c1ccc(C(=O)Nc2ccc(OC)c(OC)c2)cc1. The van der Waals surface area contributed by atoms with Crippen molar-refractivity contribution < 1.29 is 19.1 Å². The summed E-state index contributed by atoms with van der Waals surface area (Å²) in [5.41, 5.74) is 1.57. The van der Waals surface area contributed by atoms with Crippen LogP contribution in [0.2, 0.25) is 0 Å². The van der Waals surface area contributed by atoms with Crippen LogP contribution in [0.5, 0.6) is 11.5 Å². The molecule has 0 saturated carbocycles. The standard InChI is InChI=1S/C20H24N2O4/c1-5-13(2)21-19(23)14-6-8-15(9-7-14)20(24)22-16-10-11-17(25-3)18(12-16)26-4/h6-13H,5H2,1-4H3,(H,21,23)(H,22,24). The summed E-state index contributed by atoms with van der Waals surface area (Å²) < 4.78 is 10.4. The second-order valence-corrected chi connectivity index (χ2v) is 5.88. The molecule has 0 fully saturated rings. The van der Waals surface area contributed by atoms with E-state index in [1.54, 1.807) is 49.6 Å². The summed E-state index contributed by atoms with van der Waals surface area (Å²) in [7, 11) is 3.09. The van der Waals surface area contributed by atoms with Gasteiger partial charge in [0.1, 0.15) is 0 Å². The summed E-state index contributed by atoms with van der Waals surface area (Å²) in [4.78, 5) is 24.5. The Morgan fingerprint density at radius 1 is 0.923 bits per heavy atom. The van der Waals surface area contributed by atoms with Crippen LogP contribution in [-0.2, 0) is 0 Å². The lowest BCUT2D eigenvalue weighted by Crippen LogP contribution is -2.31. The fraction of sp³-hybridized carbons (Fsp3) is 0.300. The highest BCUT2D eigenvalue weighted by molar-refractivity contribution is 6.05. The first-order chi connectivity index (χ1) is 12.5. The number of amides is 2. The van der Waals surface area contributed by atoms with Gasteiger partial charge < -0.3 is 20.1 Å². The molecule has 2 N–H and O–H groups in total. The van der Waals surface area contributed by atoms with Crippen molar-refractivity contribution in [2.75, 3.05) is 19.5 Å². The number of ether oxygens (including phenoxy) is 2. The summed E-state index contributed by atoms with van der Waals surface area (Å²) in [5.74, 6) is 0.696. The average Bonchev–Trinajstić information content (AvgIpc) is 2.67. The predicted octanol–water partition coefficient (Wildman–Crippen LogP) is 3.48. The molecule has 0 aliphatic heterocycles. The van der Waals surface area contributed by atoms with E-state index in [9.17, 15) is 9.59 Å². The Balaban J connectivity index is 2.07. The molecule has 0 radical (unpaired) electrons. The highest BCUT2D eigenvalue weighted by atomic mass is 16.5. The van der Waals surface area contributed by atoms with Gasteiger partial charge in [-0.1, -0.05) is 6.92 Å². The lowest BCUT2D eigenvalue weighted by molar-refractivity contribution is 0.0937. The van der Waals surface area contributed by atoms with Crippen molar-refractivity contribution in [3.8, 4) is 11.5 Å². The molecule has 2 amide bonds. The molecule has 6 heteroatoms. The molecule has 26 heavy (non-hydrogen) atoms. The van der Waals surface area contributed by atoms with E-state index in [1.807, 2.05) is 13.8 Å². The van der Waals surface area contributed by atoms with Crippen LogP contribution in [0.4, 0.5) is 5.69 Å². The van der Waals surface area contributed by atoms with Gasteiger partial charge >= 0.3 is 0 Å². The minimum Gasteiger partial charge on any atom is -0.493 e. The van der Waals surface area contributed by atoms with Gasteiger partial charge in [-0.3, -0.25) is 9.59 Å². The molecule has 0 bridgehead atoms. The minimum absolute atomic E-state index is 0.107. The highest BCUT2D eigenvalue weighted by Gasteiger charge is 2.12. The number of anilines is 1. The molecule has 2 rings (SSSR count). The van der Waals surface area contributed by atoms with Gasteiger partial charge in [0.25, 0.3) is 11.8 Å². The van der Waals surface area contributed by atoms with Crippen LogP contribution < -0.4 is 20.1 Å². The minimum atomic E-state index is -0.272. The molecule has 2 aromatic rings. The van der Waals surface area contributed by atoms with Gasteiger partial charge in [0, 0.05) is 28.9 Å².